The number of likely N-dealkylation sites (tertiary alicyclic amines) is 1. The SMILES string of the molecule is C=CC(=O)N1CCC(N(CC)c2cc(-c3ccnc(OC)c3)c[nH]c2=O)C1. The predicted molar refractivity (Wildman–Crippen MR) is 105 cm³/mol. The van der Waals surface area contributed by atoms with E-state index in [0.29, 0.717) is 31.2 Å². The molecule has 3 heterocycles. The van der Waals surface area contributed by atoms with Crippen molar-refractivity contribution in [1.82, 2.24) is 14.9 Å². The standard InChI is InChI=1S/C20H24N4O3/c1-4-19(25)23-9-7-16(13-23)24(5-2)17-10-15(12-22-20(17)26)14-6-8-21-18(11-14)27-3/h4,6,8,10-12,16H,1,5,7,9,13H2,2-3H3,(H,22,26). The topological polar surface area (TPSA) is 78.5 Å². The molecule has 0 bridgehead atoms. The van der Waals surface area contributed by atoms with Gasteiger partial charge in [0.1, 0.15) is 5.69 Å². The summed E-state index contributed by atoms with van der Waals surface area (Å²) in [6.45, 7) is 7.50. The fourth-order valence-electron chi connectivity index (χ4n) is 3.50. The van der Waals surface area contributed by atoms with Gasteiger partial charge in [-0.3, -0.25) is 9.59 Å². The van der Waals surface area contributed by atoms with Crippen LogP contribution in [0, 0.1) is 0 Å². The van der Waals surface area contributed by atoms with Gasteiger partial charge >= 0.3 is 0 Å². The van der Waals surface area contributed by atoms with E-state index in [0.717, 1.165) is 17.5 Å². The highest BCUT2D eigenvalue weighted by Gasteiger charge is 2.30. The van der Waals surface area contributed by atoms with Crippen molar-refractivity contribution in [2.45, 2.75) is 19.4 Å². The lowest BCUT2D eigenvalue weighted by molar-refractivity contribution is -0.125. The summed E-state index contributed by atoms with van der Waals surface area (Å²) in [6.07, 6.45) is 5.52. The predicted octanol–water partition coefficient (Wildman–Crippen LogP) is 2.06. The molecule has 0 radical (unpaired) electrons. The Morgan fingerprint density at radius 1 is 1.48 bits per heavy atom. The Morgan fingerprint density at radius 3 is 3.00 bits per heavy atom. The molecule has 1 aliphatic rings. The number of aromatic nitrogens is 2. The van der Waals surface area contributed by atoms with Crippen molar-refractivity contribution < 1.29 is 9.53 Å². The highest BCUT2D eigenvalue weighted by molar-refractivity contribution is 5.87. The summed E-state index contributed by atoms with van der Waals surface area (Å²) in [6, 6.07) is 5.68. The van der Waals surface area contributed by atoms with Gasteiger partial charge in [-0.15, -0.1) is 0 Å². The molecule has 0 saturated carbocycles. The van der Waals surface area contributed by atoms with Crippen LogP contribution in [0.3, 0.4) is 0 Å². The van der Waals surface area contributed by atoms with Gasteiger partial charge in [0.05, 0.1) is 7.11 Å². The fourth-order valence-corrected chi connectivity index (χ4v) is 3.50. The Bertz CT molecular complexity index is 893. The summed E-state index contributed by atoms with van der Waals surface area (Å²) in [5.74, 6) is 0.446. The number of nitrogens with zero attached hydrogens (tertiary/aromatic N) is 3. The molecule has 3 rings (SSSR count). The summed E-state index contributed by atoms with van der Waals surface area (Å²) in [4.78, 5) is 35.2. The van der Waals surface area contributed by atoms with Gasteiger partial charge in [0.25, 0.3) is 5.56 Å². The third kappa shape index (κ3) is 3.86. The van der Waals surface area contributed by atoms with Crippen molar-refractivity contribution in [2.24, 2.45) is 0 Å². The number of likely N-dealkylation sites (N-methyl/N-ethyl adjacent to an activating group) is 1. The fraction of sp³-hybridized carbons (Fsp3) is 0.350. The number of rotatable bonds is 6. The number of pyridine rings is 2. The van der Waals surface area contributed by atoms with E-state index in [1.165, 1.54) is 6.08 Å². The summed E-state index contributed by atoms with van der Waals surface area (Å²) < 4.78 is 5.19. The second-order valence-corrected chi connectivity index (χ2v) is 6.41. The number of amides is 1. The maximum Gasteiger partial charge on any atom is 0.271 e. The van der Waals surface area contributed by atoms with Crippen LogP contribution in [0.1, 0.15) is 13.3 Å². The highest BCUT2D eigenvalue weighted by atomic mass is 16.5. The first-order chi connectivity index (χ1) is 13.1. The quantitative estimate of drug-likeness (QED) is 0.790. The molecule has 0 aromatic carbocycles. The smallest absolute Gasteiger partial charge is 0.271 e. The van der Waals surface area contributed by atoms with Crippen LogP contribution >= 0.6 is 0 Å². The van der Waals surface area contributed by atoms with Crippen LogP contribution in [0.15, 0.2) is 48.0 Å². The summed E-state index contributed by atoms with van der Waals surface area (Å²) >= 11 is 0. The second-order valence-electron chi connectivity index (χ2n) is 6.41. The molecule has 142 valence electrons. The molecule has 1 N–H and O–H groups in total. The molecule has 7 nitrogen and oxygen atoms in total. The van der Waals surface area contributed by atoms with E-state index < -0.39 is 0 Å². The maximum absolute atomic E-state index is 12.5. The van der Waals surface area contributed by atoms with Crippen LogP contribution in [0.5, 0.6) is 5.88 Å². The third-order valence-corrected chi connectivity index (χ3v) is 4.90. The van der Waals surface area contributed by atoms with Crippen molar-refractivity contribution in [2.75, 3.05) is 31.6 Å². The van der Waals surface area contributed by atoms with E-state index >= 15 is 0 Å². The Labute approximate surface area is 158 Å². The number of hydrogen-bond donors (Lipinski definition) is 1. The lowest BCUT2D eigenvalue weighted by atomic mass is 10.1. The van der Waals surface area contributed by atoms with E-state index in [1.54, 1.807) is 24.4 Å². The van der Waals surface area contributed by atoms with E-state index in [2.05, 4.69) is 21.4 Å². The molecule has 1 aliphatic heterocycles. The average molecular weight is 368 g/mol. The highest BCUT2D eigenvalue weighted by Crippen LogP contribution is 2.26. The normalized spacial score (nSPS) is 16.2. The number of aromatic amines is 1. The second kappa shape index (κ2) is 8.07. The molecule has 27 heavy (non-hydrogen) atoms. The molecule has 2 aromatic heterocycles. The van der Waals surface area contributed by atoms with Gasteiger partial charge in [-0.1, -0.05) is 6.58 Å². The van der Waals surface area contributed by atoms with Crippen LogP contribution in [0.2, 0.25) is 0 Å². The zero-order valence-corrected chi connectivity index (χ0v) is 15.6. The number of carbonyl (C=O) groups is 1. The van der Waals surface area contributed by atoms with Crippen molar-refractivity contribution in [1.29, 1.82) is 0 Å². The lowest BCUT2D eigenvalue weighted by Crippen LogP contribution is -2.41. The molecule has 1 fully saturated rings. The van der Waals surface area contributed by atoms with Crippen LogP contribution in [-0.4, -0.2) is 53.6 Å². The van der Waals surface area contributed by atoms with Gasteiger partial charge in [-0.25, -0.2) is 4.98 Å². The number of nitrogens with one attached hydrogen (secondary N) is 1. The van der Waals surface area contributed by atoms with E-state index in [9.17, 15) is 9.59 Å². The molecule has 1 unspecified atom stereocenters. The molecule has 1 saturated heterocycles. The first kappa shape index (κ1) is 18.7. The number of H-pyrrole nitrogens is 1. The largest absolute Gasteiger partial charge is 0.481 e. The van der Waals surface area contributed by atoms with Gasteiger partial charge in [0.2, 0.25) is 11.8 Å². The molecule has 0 spiro atoms. The summed E-state index contributed by atoms with van der Waals surface area (Å²) in [5, 5.41) is 0. The Hall–Kier alpha value is -3.09. The molecule has 0 aliphatic carbocycles. The molecular formula is C20H24N4O3. The van der Waals surface area contributed by atoms with Crippen LogP contribution in [0.4, 0.5) is 5.69 Å². The van der Waals surface area contributed by atoms with Crippen LogP contribution < -0.4 is 15.2 Å². The first-order valence-corrected chi connectivity index (χ1v) is 8.98. The van der Waals surface area contributed by atoms with Gasteiger partial charge in [0, 0.05) is 49.7 Å². The van der Waals surface area contributed by atoms with Crippen molar-refractivity contribution in [3.05, 3.63) is 53.6 Å². The first-order valence-electron chi connectivity index (χ1n) is 8.98. The molecular weight excluding hydrogens is 344 g/mol. The zero-order valence-electron chi connectivity index (χ0n) is 15.6. The Balaban J connectivity index is 1.91. The van der Waals surface area contributed by atoms with Crippen LogP contribution in [-0.2, 0) is 4.79 Å². The zero-order chi connectivity index (χ0) is 19.4. The lowest BCUT2D eigenvalue weighted by Gasteiger charge is -2.29. The monoisotopic (exact) mass is 368 g/mol. The average Bonchev–Trinajstić information content (AvgIpc) is 3.19. The van der Waals surface area contributed by atoms with Gasteiger partial charge in [0.15, 0.2) is 0 Å². The van der Waals surface area contributed by atoms with E-state index in [4.69, 9.17) is 4.74 Å². The third-order valence-electron chi connectivity index (χ3n) is 4.90. The maximum atomic E-state index is 12.5. The minimum atomic E-state index is -0.143. The summed E-state index contributed by atoms with van der Waals surface area (Å²) in [5.41, 5.74) is 2.24. The number of ether oxygens (including phenoxy) is 1. The van der Waals surface area contributed by atoms with Gasteiger partial charge in [-0.05, 0) is 37.1 Å². The van der Waals surface area contributed by atoms with E-state index in [-0.39, 0.29) is 17.5 Å². The number of methoxy groups -OCH3 is 1. The van der Waals surface area contributed by atoms with Gasteiger partial charge in [-0.2, -0.15) is 0 Å². The molecule has 1 atom stereocenters. The minimum absolute atomic E-state index is 0.0694. The molecule has 7 heteroatoms. The Kier molecular flexibility index (Phi) is 5.59. The molecule has 2 aromatic rings. The van der Waals surface area contributed by atoms with Crippen molar-refractivity contribution in [3.63, 3.8) is 0 Å². The minimum Gasteiger partial charge on any atom is -0.481 e. The molecule has 1 amide bonds. The van der Waals surface area contributed by atoms with Crippen LogP contribution in [0.25, 0.3) is 11.1 Å². The van der Waals surface area contributed by atoms with Crippen molar-refractivity contribution in [3.8, 4) is 17.0 Å². The number of hydrogen-bond acceptors (Lipinski definition) is 5. The number of anilines is 1. The van der Waals surface area contributed by atoms with Gasteiger partial charge < -0.3 is 19.5 Å². The summed E-state index contributed by atoms with van der Waals surface area (Å²) in [7, 11) is 1.57. The Morgan fingerprint density at radius 2 is 2.30 bits per heavy atom. The number of carbonyl (C=O) groups excluding carboxylic acids is 1. The van der Waals surface area contributed by atoms with Crippen molar-refractivity contribution >= 4 is 11.6 Å². The van der Waals surface area contributed by atoms with E-state index in [1.807, 2.05) is 25.1 Å².